The number of carbonyl (C=O) groups excluding carboxylic acids is 1. The molecule has 0 aromatic heterocycles. The smallest absolute Gasteiger partial charge is 0.407 e. The highest BCUT2D eigenvalue weighted by molar-refractivity contribution is 6.30. The van der Waals surface area contributed by atoms with Gasteiger partial charge >= 0.3 is 6.09 Å². The number of amides is 1. The number of nitrogens with one attached hydrogen (secondary N) is 1. The maximum absolute atomic E-state index is 11.0. The van der Waals surface area contributed by atoms with Crippen LogP contribution in [0.4, 0.5) is 10.5 Å². The number of ether oxygens (including phenoxy) is 1. The SMILES string of the molecule is O=C1N[C@@H](Cc2ccc(N=Cc3cc(Cl)ccc3O)cc2)CO1. The summed E-state index contributed by atoms with van der Waals surface area (Å²) >= 11 is 5.90. The molecule has 1 aliphatic heterocycles. The Morgan fingerprint density at radius 1 is 1.30 bits per heavy atom. The quantitative estimate of drug-likeness (QED) is 0.843. The molecule has 2 aromatic carbocycles. The van der Waals surface area contributed by atoms with Crippen molar-refractivity contribution in [1.29, 1.82) is 0 Å². The highest BCUT2D eigenvalue weighted by atomic mass is 35.5. The Kier molecular flexibility index (Phi) is 4.48. The minimum Gasteiger partial charge on any atom is -0.507 e. The van der Waals surface area contributed by atoms with Crippen LogP contribution >= 0.6 is 11.6 Å². The third-order valence-electron chi connectivity index (χ3n) is 3.50. The van der Waals surface area contributed by atoms with Crippen LogP contribution in [-0.4, -0.2) is 30.1 Å². The predicted molar refractivity (Wildman–Crippen MR) is 88.8 cm³/mol. The number of aromatic hydroxyl groups is 1. The molecule has 23 heavy (non-hydrogen) atoms. The van der Waals surface area contributed by atoms with Crippen molar-refractivity contribution in [2.45, 2.75) is 12.5 Å². The van der Waals surface area contributed by atoms with Gasteiger partial charge in [-0.25, -0.2) is 4.79 Å². The van der Waals surface area contributed by atoms with Gasteiger partial charge in [-0.2, -0.15) is 0 Å². The van der Waals surface area contributed by atoms with Crippen LogP contribution in [-0.2, 0) is 11.2 Å². The molecule has 1 saturated heterocycles. The van der Waals surface area contributed by atoms with E-state index in [0.29, 0.717) is 23.6 Å². The minimum absolute atomic E-state index is 0.0141. The Labute approximate surface area is 138 Å². The first-order valence-electron chi connectivity index (χ1n) is 7.15. The number of aliphatic imine (C=N–C) groups is 1. The molecule has 118 valence electrons. The molecule has 0 saturated carbocycles. The lowest BCUT2D eigenvalue weighted by Gasteiger charge is -2.07. The molecule has 0 aliphatic carbocycles. The molecule has 0 unspecified atom stereocenters. The number of hydrogen-bond acceptors (Lipinski definition) is 4. The summed E-state index contributed by atoms with van der Waals surface area (Å²) in [5, 5.41) is 13.0. The van der Waals surface area contributed by atoms with E-state index in [1.54, 1.807) is 18.3 Å². The number of rotatable bonds is 4. The van der Waals surface area contributed by atoms with Gasteiger partial charge < -0.3 is 15.2 Å². The zero-order valence-corrected chi connectivity index (χ0v) is 13.0. The molecule has 1 atom stereocenters. The number of carbonyl (C=O) groups is 1. The van der Waals surface area contributed by atoms with E-state index in [4.69, 9.17) is 16.3 Å². The van der Waals surface area contributed by atoms with Crippen LogP contribution in [0.25, 0.3) is 0 Å². The summed E-state index contributed by atoms with van der Waals surface area (Å²) in [6.45, 7) is 0.396. The average Bonchev–Trinajstić information content (AvgIpc) is 2.95. The van der Waals surface area contributed by atoms with E-state index in [1.807, 2.05) is 24.3 Å². The first-order chi connectivity index (χ1) is 11.1. The van der Waals surface area contributed by atoms with Gasteiger partial charge in [0.1, 0.15) is 12.4 Å². The third-order valence-corrected chi connectivity index (χ3v) is 3.73. The lowest BCUT2D eigenvalue weighted by molar-refractivity contribution is 0.177. The van der Waals surface area contributed by atoms with Gasteiger partial charge in [-0.05, 0) is 42.3 Å². The first-order valence-corrected chi connectivity index (χ1v) is 7.53. The van der Waals surface area contributed by atoms with Crippen LogP contribution in [0.1, 0.15) is 11.1 Å². The van der Waals surface area contributed by atoms with E-state index in [1.165, 1.54) is 6.07 Å². The highest BCUT2D eigenvalue weighted by Gasteiger charge is 2.21. The molecule has 1 heterocycles. The molecule has 1 amide bonds. The second-order valence-corrected chi connectivity index (χ2v) is 5.71. The molecule has 0 radical (unpaired) electrons. The first kappa shape index (κ1) is 15.4. The molecule has 2 aromatic rings. The summed E-state index contributed by atoms with van der Waals surface area (Å²) in [5.74, 6) is 0.131. The minimum atomic E-state index is -0.363. The third kappa shape index (κ3) is 4.02. The Morgan fingerprint density at radius 2 is 2.09 bits per heavy atom. The van der Waals surface area contributed by atoms with Crippen molar-refractivity contribution in [2.24, 2.45) is 4.99 Å². The van der Waals surface area contributed by atoms with Gasteiger partial charge in [-0.3, -0.25) is 4.99 Å². The normalized spacial score (nSPS) is 17.3. The molecule has 2 N–H and O–H groups in total. The van der Waals surface area contributed by atoms with Gasteiger partial charge in [0.25, 0.3) is 0 Å². The van der Waals surface area contributed by atoms with E-state index in [2.05, 4.69) is 10.3 Å². The van der Waals surface area contributed by atoms with E-state index >= 15 is 0 Å². The van der Waals surface area contributed by atoms with Crippen LogP contribution in [0.3, 0.4) is 0 Å². The Balaban J connectivity index is 1.66. The lowest BCUT2D eigenvalue weighted by atomic mass is 10.1. The maximum atomic E-state index is 11.0. The number of hydrogen-bond donors (Lipinski definition) is 2. The summed E-state index contributed by atoms with van der Waals surface area (Å²) in [5.41, 5.74) is 2.41. The number of nitrogens with zero attached hydrogens (tertiary/aromatic N) is 1. The zero-order valence-electron chi connectivity index (χ0n) is 12.2. The number of phenolic OH excluding ortho intramolecular Hbond substituents is 1. The topological polar surface area (TPSA) is 70.9 Å². The summed E-state index contributed by atoms with van der Waals surface area (Å²) in [7, 11) is 0. The summed E-state index contributed by atoms with van der Waals surface area (Å²) < 4.78 is 4.86. The molecule has 6 heteroatoms. The van der Waals surface area contributed by atoms with Crippen molar-refractivity contribution >= 4 is 29.6 Å². The van der Waals surface area contributed by atoms with Crippen LogP contribution < -0.4 is 5.32 Å². The zero-order chi connectivity index (χ0) is 16.2. The Hall–Kier alpha value is -2.53. The summed E-state index contributed by atoms with van der Waals surface area (Å²) in [6, 6.07) is 12.5. The Bertz CT molecular complexity index is 744. The molecule has 0 spiro atoms. The van der Waals surface area contributed by atoms with Crippen molar-refractivity contribution in [2.75, 3.05) is 6.61 Å². The standard InChI is InChI=1S/C17H15ClN2O3/c18-13-3-6-16(21)12(8-13)9-19-14-4-1-11(2-5-14)7-15-10-23-17(22)20-15/h1-6,8-9,15,21H,7,10H2,(H,20,22)/t15-/m0/s1. The molecule has 0 bridgehead atoms. The monoisotopic (exact) mass is 330 g/mol. The van der Waals surface area contributed by atoms with Crippen molar-refractivity contribution in [1.82, 2.24) is 5.32 Å². The Morgan fingerprint density at radius 3 is 2.78 bits per heavy atom. The van der Waals surface area contributed by atoms with Crippen LogP contribution in [0.2, 0.25) is 5.02 Å². The van der Waals surface area contributed by atoms with Gasteiger partial charge in [0, 0.05) is 16.8 Å². The lowest BCUT2D eigenvalue weighted by Crippen LogP contribution is -2.28. The van der Waals surface area contributed by atoms with Crippen molar-refractivity contribution in [3.63, 3.8) is 0 Å². The van der Waals surface area contributed by atoms with Gasteiger partial charge in [0.15, 0.2) is 0 Å². The van der Waals surface area contributed by atoms with Crippen LogP contribution in [0.5, 0.6) is 5.75 Å². The van der Waals surface area contributed by atoms with Gasteiger partial charge in [-0.15, -0.1) is 0 Å². The number of halogens is 1. The van der Waals surface area contributed by atoms with Gasteiger partial charge in [0.05, 0.1) is 11.7 Å². The molecular formula is C17H15ClN2O3. The highest BCUT2D eigenvalue weighted by Crippen LogP contribution is 2.21. The van der Waals surface area contributed by atoms with Crippen molar-refractivity contribution < 1.29 is 14.6 Å². The molecular weight excluding hydrogens is 316 g/mol. The number of benzene rings is 2. The molecule has 1 aliphatic rings. The van der Waals surface area contributed by atoms with Crippen LogP contribution in [0, 0.1) is 0 Å². The molecule has 1 fully saturated rings. The molecule has 5 nitrogen and oxygen atoms in total. The summed E-state index contributed by atoms with van der Waals surface area (Å²) in [6.07, 6.45) is 1.92. The van der Waals surface area contributed by atoms with E-state index in [-0.39, 0.29) is 17.9 Å². The molecule has 3 rings (SSSR count). The second kappa shape index (κ2) is 6.71. The fourth-order valence-corrected chi connectivity index (χ4v) is 2.49. The number of phenols is 1. The van der Waals surface area contributed by atoms with E-state index in [9.17, 15) is 9.90 Å². The summed E-state index contributed by atoms with van der Waals surface area (Å²) in [4.78, 5) is 15.3. The van der Waals surface area contributed by atoms with E-state index < -0.39 is 0 Å². The fourth-order valence-electron chi connectivity index (χ4n) is 2.31. The number of alkyl carbamates (subject to hydrolysis) is 1. The second-order valence-electron chi connectivity index (χ2n) is 5.27. The maximum Gasteiger partial charge on any atom is 0.407 e. The van der Waals surface area contributed by atoms with Gasteiger partial charge in [-0.1, -0.05) is 23.7 Å². The fraction of sp³-hybridized carbons (Fsp3) is 0.176. The van der Waals surface area contributed by atoms with Crippen molar-refractivity contribution in [3.05, 3.63) is 58.6 Å². The predicted octanol–water partition coefficient (Wildman–Crippen LogP) is 3.45. The van der Waals surface area contributed by atoms with Gasteiger partial charge in [0.2, 0.25) is 0 Å². The van der Waals surface area contributed by atoms with Crippen LogP contribution in [0.15, 0.2) is 47.5 Å². The largest absolute Gasteiger partial charge is 0.507 e. The average molecular weight is 331 g/mol. The van der Waals surface area contributed by atoms with E-state index in [0.717, 1.165) is 11.3 Å². The van der Waals surface area contributed by atoms with Crippen molar-refractivity contribution in [3.8, 4) is 5.75 Å². The number of cyclic esters (lactones) is 1.